The minimum atomic E-state index is -0.500. The number of pyridine rings is 1. The van der Waals surface area contributed by atoms with Gasteiger partial charge in [0.25, 0.3) is 5.91 Å². The molecule has 2 heterocycles. The zero-order valence-electron chi connectivity index (χ0n) is 17.1. The summed E-state index contributed by atoms with van der Waals surface area (Å²) in [6, 6.07) is 17.6. The summed E-state index contributed by atoms with van der Waals surface area (Å²) < 4.78 is 0. The summed E-state index contributed by atoms with van der Waals surface area (Å²) >= 11 is 0. The van der Waals surface area contributed by atoms with Crippen LogP contribution in [0.5, 0.6) is 0 Å². The molecule has 1 saturated carbocycles. The molecule has 1 aliphatic carbocycles. The lowest BCUT2D eigenvalue weighted by Gasteiger charge is -2.35. The second-order valence-electron chi connectivity index (χ2n) is 8.74. The van der Waals surface area contributed by atoms with Crippen molar-refractivity contribution in [3.8, 4) is 11.3 Å². The van der Waals surface area contributed by atoms with E-state index >= 15 is 0 Å². The van der Waals surface area contributed by atoms with Crippen LogP contribution >= 0.6 is 0 Å². The first kappa shape index (κ1) is 19.2. The van der Waals surface area contributed by atoms with Crippen molar-refractivity contribution in [1.82, 2.24) is 15.6 Å². The summed E-state index contributed by atoms with van der Waals surface area (Å²) in [7, 11) is 0. The number of amides is 1. The van der Waals surface area contributed by atoms with Gasteiger partial charge in [0.05, 0.1) is 28.9 Å². The van der Waals surface area contributed by atoms with Crippen molar-refractivity contribution in [1.29, 1.82) is 0 Å². The number of aryl methyl sites for hydroxylation is 1. The second-order valence-corrected chi connectivity index (χ2v) is 8.74. The predicted octanol–water partition coefficient (Wildman–Crippen LogP) is 3.30. The number of aliphatic hydroxyl groups excluding tert-OH is 1. The van der Waals surface area contributed by atoms with Gasteiger partial charge in [0.1, 0.15) is 0 Å². The molecular formula is C25H27N3O2. The van der Waals surface area contributed by atoms with E-state index < -0.39 is 6.10 Å². The fourth-order valence-corrected chi connectivity index (χ4v) is 4.93. The number of para-hydroxylation sites is 1. The van der Waals surface area contributed by atoms with Crippen LogP contribution in [0.1, 0.15) is 28.8 Å². The van der Waals surface area contributed by atoms with E-state index in [4.69, 9.17) is 4.98 Å². The Bertz CT molecular complexity index is 1080. The van der Waals surface area contributed by atoms with Gasteiger partial charge in [-0.05, 0) is 56.8 Å². The molecule has 5 nitrogen and oxygen atoms in total. The maximum atomic E-state index is 13.3. The van der Waals surface area contributed by atoms with Crippen molar-refractivity contribution < 1.29 is 9.90 Å². The number of rotatable bonds is 3. The number of nitrogens with zero attached hydrogens (tertiary/aromatic N) is 1. The molecule has 1 aromatic heterocycles. The van der Waals surface area contributed by atoms with E-state index in [-0.39, 0.29) is 11.9 Å². The molecule has 2 aliphatic rings. The molecule has 0 spiro atoms. The van der Waals surface area contributed by atoms with Gasteiger partial charge in [-0.3, -0.25) is 4.79 Å². The van der Waals surface area contributed by atoms with Gasteiger partial charge >= 0.3 is 0 Å². The van der Waals surface area contributed by atoms with E-state index in [1.165, 1.54) is 5.56 Å². The fourth-order valence-electron chi connectivity index (χ4n) is 4.93. The van der Waals surface area contributed by atoms with Crippen molar-refractivity contribution in [3.05, 3.63) is 65.7 Å². The average Bonchev–Trinajstić information content (AvgIpc) is 3.20. The van der Waals surface area contributed by atoms with Crippen molar-refractivity contribution in [3.63, 3.8) is 0 Å². The number of benzene rings is 2. The van der Waals surface area contributed by atoms with Gasteiger partial charge in [0.15, 0.2) is 0 Å². The molecule has 5 heteroatoms. The van der Waals surface area contributed by atoms with Gasteiger partial charge in [-0.15, -0.1) is 0 Å². The minimum Gasteiger partial charge on any atom is -0.391 e. The summed E-state index contributed by atoms with van der Waals surface area (Å²) in [6.45, 7) is 3.99. The summed E-state index contributed by atoms with van der Waals surface area (Å²) in [5.41, 5.74) is 4.35. The highest BCUT2D eigenvalue weighted by Gasteiger charge is 2.39. The van der Waals surface area contributed by atoms with Crippen molar-refractivity contribution >= 4 is 16.8 Å². The number of hydrogen-bond donors (Lipinski definition) is 3. The number of fused-ring (bicyclic) bond motifs is 2. The first-order valence-corrected chi connectivity index (χ1v) is 10.7. The Labute approximate surface area is 176 Å². The standard InChI is InChI=1S/C25H27N3O2/c1-15-6-8-16(9-7-15)22-12-20(19-4-2-3-5-21(19)27-22)25(30)28-23-10-17-13-26-14-18(17)11-24(23)29/h2-9,12,17-18,23-24,26,29H,10-11,13-14H2,1H3,(H,28,30)/t17-,18+,23-,24-/m0/s1. The Kier molecular flexibility index (Phi) is 5.01. The molecular weight excluding hydrogens is 374 g/mol. The van der Waals surface area contributed by atoms with Crippen LogP contribution in [0.15, 0.2) is 54.6 Å². The van der Waals surface area contributed by atoms with Crippen LogP contribution in [0, 0.1) is 18.8 Å². The van der Waals surface area contributed by atoms with Crippen molar-refractivity contribution in [2.45, 2.75) is 31.9 Å². The van der Waals surface area contributed by atoms with E-state index in [9.17, 15) is 9.90 Å². The number of aromatic nitrogens is 1. The summed E-state index contributed by atoms with van der Waals surface area (Å²) in [4.78, 5) is 18.1. The quantitative estimate of drug-likeness (QED) is 0.630. The molecule has 2 aromatic carbocycles. The molecule has 4 atom stereocenters. The SMILES string of the molecule is Cc1ccc(-c2cc(C(=O)N[C@H]3C[C@H]4CNC[C@H]4C[C@@H]3O)c3ccccc3n2)cc1. The first-order chi connectivity index (χ1) is 14.6. The normalized spacial score (nSPS) is 25.8. The predicted molar refractivity (Wildman–Crippen MR) is 118 cm³/mol. The molecule has 3 aromatic rings. The highest BCUT2D eigenvalue weighted by atomic mass is 16.3. The van der Waals surface area contributed by atoms with Crippen LogP contribution in [0.2, 0.25) is 0 Å². The summed E-state index contributed by atoms with van der Waals surface area (Å²) in [5, 5.41) is 18.0. The van der Waals surface area contributed by atoms with Crippen LogP contribution in [-0.4, -0.2) is 41.2 Å². The second kappa shape index (κ2) is 7.82. The number of aliphatic hydroxyl groups is 1. The Morgan fingerprint density at radius 3 is 2.60 bits per heavy atom. The Morgan fingerprint density at radius 1 is 1.07 bits per heavy atom. The molecule has 154 valence electrons. The van der Waals surface area contributed by atoms with Crippen LogP contribution in [0.4, 0.5) is 0 Å². The Hall–Kier alpha value is -2.76. The maximum absolute atomic E-state index is 13.3. The maximum Gasteiger partial charge on any atom is 0.252 e. The monoisotopic (exact) mass is 401 g/mol. The van der Waals surface area contributed by atoms with Crippen LogP contribution in [0.25, 0.3) is 22.2 Å². The topological polar surface area (TPSA) is 74.2 Å². The lowest BCUT2D eigenvalue weighted by molar-refractivity contribution is 0.0462. The van der Waals surface area contributed by atoms with Crippen LogP contribution in [-0.2, 0) is 0 Å². The molecule has 0 unspecified atom stereocenters. The van der Waals surface area contributed by atoms with Gasteiger partial charge in [-0.25, -0.2) is 4.98 Å². The van der Waals surface area contributed by atoms with E-state index in [0.29, 0.717) is 17.4 Å². The molecule has 30 heavy (non-hydrogen) atoms. The third kappa shape index (κ3) is 3.59. The van der Waals surface area contributed by atoms with E-state index in [0.717, 1.165) is 48.1 Å². The van der Waals surface area contributed by atoms with Gasteiger partial charge < -0.3 is 15.7 Å². The van der Waals surface area contributed by atoms with Gasteiger partial charge in [-0.1, -0.05) is 48.0 Å². The highest BCUT2D eigenvalue weighted by Crippen LogP contribution is 2.33. The van der Waals surface area contributed by atoms with Gasteiger partial charge in [0, 0.05) is 10.9 Å². The zero-order chi connectivity index (χ0) is 20.7. The molecule has 5 rings (SSSR count). The summed E-state index contributed by atoms with van der Waals surface area (Å²) in [6.07, 6.45) is 1.06. The molecule has 3 N–H and O–H groups in total. The summed E-state index contributed by atoms with van der Waals surface area (Å²) in [5.74, 6) is 0.898. The molecule has 0 radical (unpaired) electrons. The molecule has 0 bridgehead atoms. The van der Waals surface area contributed by atoms with Gasteiger partial charge in [-0.2, -0.15) is 0 Å². The molecule has 2 fully saturated rings. The van der Waals surface area contributed by atoms with E-state index in [2.05, 4.69) is 29.7 Å². The van der Waals surface area contributed by atoms with Gasteiger partial charge in [0.2, 0.25) is 0 Å². The fraction of sp³-hybridized carbons (Fsp3) is 0.360. The minimum absolute atomic E-state index is 0.143. The first-order valence-electron chi connectivity index (χ1n) is 10.7. The largest absolute Gasteiger partial charge is 0.391 e. The van der Waals surface area contributed by atoms with Crippen molar-refractivity contribution in [2.75, 3.05) is 13.1 Å². The molecule has 1 saturated heterocycles. The van der Waals surface area contributed by atoms with E-state index in [1.54, 1.807) is 0 Å². The lowest BCUT2D eigenvalue weighted by atomic mass is 9.77. The third-order valence-corrected chi connectivity index (χ3v) is 6.67. The lowest BCUT2D eigenvalue weighted by Crippen LogP contribution is -2.49. The van der Waals surface area contributed by atoms with Crippen molar-refractivity contribution in [2.24, 2.45) is 11.8 Å². The number of carbonyl (C=O) groups is 1. The number of hydrogen-bond acceptors (Lipinski definition) is 4. The highest BCUT2D eigenvalue weighted by molar-refractivity contribution is 6.07. The smallest absolute Gasteiger partial charge is 0.252 e. The molecule has 1 aliphatic heterocycles. The average molecular weight is 402 g/mol. The van der Waals surface area contributed by atoms with Crippen LogP contribution < -0.4 is 10.6 Å². The number of nitrogens with one attached hydrogen (secondary N) is 2. The third-order valence-electron chi connectivity index (χ3n) is 6.67. The Morgan fingerprint density at radius 2 is 1.80 bits per heavy atom. The van der Waals surface area contributed by atoms with E-state index in [1.807, 2.05) is 42.5 Å². The number of carbonyl (C=O) groups excluding carboxylic acids is 1. The molecule has 1 amide bonds. The Balaban J connectivity index is 1.48. The zero-order valence-corrected chi connectivity index (χ0v) is 17.1. The van der Waals surface area contributed by atoms with Crippen LogP contribution in [0.3, 0.4) is 0 Å².